The Morgan fingerprint density at radius 3 is 3.20 bits per heavy atom. The number of amides is 1. The van der Waals surface area contributed by atoms with Gasteiger partial charge in [0.15, 0.2) is 0 Å². The first kappa shape index (κ1) is 11.9. The first-order valence-corrected chi connectivity index (χ1v) is 7.23. The summed E-state index contributed by atoms with van der Waals surface area (Å²) in [4.78, 5) is 18.9. The van der Waals surface area contributed by atoms with E-state index in [1.807, 2.05) is 22.7 Å². The molecule has 3 atom stereocenters. The highest BCUT2D eigenvalue weighted by molar-refractivity contribution is 5.94. The van der Waals surface area contributed by atoms with E-state index in [1.165, 1.54) is 19.5 Å². The van der Waals surface area contributed by atoms with Crippen LogP contribution < -0.4 is 5.32 Å². The molecule has 104 valence electrons. The normalized spacial score (nSPS) is 28.7. The van der Waals surface area contributed by atoms with Crippen LogP contribution in [0, 0.1) is 5.92 Å². The molecule has 2 fully saturated rings. The lowest BCUT2D eigenvalue weighted by Gasteiger charge is -2.30. The van der Waals surface area contributed by atoms with Crippen molar-refractivity contribution in [2.24, 2.45) is 5.92 Å². The number of nitrogens with one attached hydrogen (secondary N) is 1. The summed E-state index contributed by atoms with van der Waals surface area (Å²) in [7, 11) is 0. The van der Waals surface area contributed by atoms with Gasteiger partial charge in [-0.25, -0.2) is 4.98 Å². The van der Waals surface area contributed by atoms with Gasteiger partial charge < -0.3 is 14.6 Å². The third-order valence-electron chi connectivity index (χ3n) is 4.47. The molecule has 2 bridgehead atoms. The summed E-state index contributed by atoms with van der Waals surface area (Å²) in [6.45, 7) is 3.40. The zero-order chi connectivity index (χ0) is 13.5. The Hall–Kier alpha value is -1.88. The smallest absolute Gasteiger partial charge is 0.253 e. The molecule has 4 rings (SSSR count). The summed E-state index contributed by atoms with van der Waals surface area (Å²) in [6.07, 6.45) is 7.75. The van der Waals surface area contributed by atoms with E-state index < -0.39 is 0 Å². The SMILES string of the molecule is O=C(N[C@@H]1C[C@H]2CCN(C2)C1)c1ccc2cncn2c1. The molecular formula is C15H18N4O. The largest absolute Gasteiger partial charge is 0.348 e. The first-order valence-electron chi connectivity index (χ1n) is 7.23. The van der Waals surface area contributed by atoms with Gasteiger partial charge in [-0.15, -0.1) is 0 Å². The van der Waals surface area contributed by atoms with Crippen molar-refractivity contribution in [1.82, 2.24) is 19.6 Å². The number of nitrogens with zero attached hydrogens (tertiary/aromatic N) is 3. The van der Waals surface area contributed by atoms with Gasteiger partial charge >= 0.3 is 0 Å². The molecule has 0 spiro atoms. The lowest BCUT2D eigenvalue weighted by Crippen LogP contribution is -2.47. The highest BCUT2D eigenvalue weighted by atomic mass is 16.1. The third kappa shape index (κ3) is 2.08. The summed E-state index contributed by atoms with van der Waals surface area (Å²) < 4.78 is 1.88. The molecule has 2 aromatic rings. The molecule has 20 heavy (non-hydrogen) atoms. The van der Waals surface area contributed by atoms with E-state index in [1.54, 1.807) is 12.5 Å². The molecule has 4 heterocycles. The highest BCUT2D eigenvalue weighted by Gasteiger charge is 2.32. The van der Waals surface area contributed by atoms with Crippen LogP contribution in [-0.2, 0) is 0 Å². The minimum absolute atomic E-state index is 0.0214. The van der Waals surface area contributed by atoms with Crippen LogP contribution >= 0.6 is 0 Å². The molecular weight excluding hydrogens is 252 g/mol. The maximum Gasteiger partial charge on any atom is 0.253 e. The van der Waals surface area contributed by atoms with Crippen molar-refractivity contribution in [3.05, 3.63) is 36.4 Å². The van der Waals surface area contributed by atoms with Crippen molar-refractivity contribution >= 4 is 11.4 Å². The maximum absolute atomic E-state index is 12.3. The Labute approximate surface area is 117 Å². The number of hydrogen-bond acceptors (Lipinski definition) is 3. The van der Waals surface area contributed by atoms with Crippen molar-refractivity contribution in [3.8, 4) is 0 Å². The van der Waals surface area contributed by atoms with Gasteiger partial charge in [0.2, 0.25) is 0 Å². The predicted octanol–water partition coefficient (Wildman–Crippen LogP) is 1.16. The van der Waals surface area contributed by atoms with Gasteiger partial charge in [0.25, 0.3) is 5.91 Å². The van der Waals surface area contributed by atoms with Crippen LogP contribution in [0.2, 0.25) is 0 Å². The zero-order valence-electron chi connectivity index (χ0n) is 11.3. The van der Waals surface area contributed by atoms with Gasteiger partial charge in [-0.3, -0.25) is 4.79 Å². The lowest BCUT2D eigenvalue weighted by atomic mass is 9.96. The monoisotopic (exact) mass is 270 g/mol. The Balaban J connectivity index is 1.49. The fourth-order valence-electron chi connectivity index (χ4n) is 3.49. The van der Waals surface area contributed by atoms with Crippen molar-refractivity contribution in [2.45, 2.75) is 18.9 Å². The second-order valence-electron chi connectivity index (χ2n) is 5.96. The Bertz CT molecular complexity index is 638. The van der Waals surface area contributed by atoms with Crippen LogP contribution in [0.25, 0.3) is 5.52 Å². The molecule has 0 aromatic carbocycles. The number of pyridine rings is 1. The van der Waals surface area contributed by atoms with E-state index in [2.05, 4.69) is 15.2 Å². The number of carbonyl (C=O) groups excluding carboxylic acids is 1. The maximum atomic E-state index is 12.3. The van der Waals surface area contributed by atoms with Gasteiger partial charge in [0.1, 0.15) is 0 Å². The zero-order valence-corrected chi connectivity index (χ0v) is 11.3. The Morgan fingerprint density at radius 2 is 2.30 bits per heavy atom. The number of piperidine rings is 1. The van der Waals surface area contributed by atoms with Crippen molar-refractivity contribution in [1.29, 1.82) is 0 Å². The fraction of sp³-hybridized carbons (Fsp3) is 0.467. The predicted molar refractivity (Wildman–Crippen MR) is 75.6 cm³/mol. The van der Waals surface area contributed by atoms with E-state index in [-0.39, 0.29) is 5.91 Å². The van der Waals surface area contributed by atoms with Gasteiger partial charge in [-0.2, -0.15) is 0 Å². The molecule has 0 radical (unpaired) electrons. The summed E-state index contributed by atoms with van der Waals surface area (Å²) in [6, 6.07) is 4.09. The second-order valence-corrected chi connectivity index (χ2v) is 5.96. The molecule has 5 heteroatoms. The molecule has 0 aliphatic carbocycles. The van der Waals surface area contributed by atoms with Crippen molar-refractivity contribution in [3.63, 3.8) is 0 Å². The van der Waals surface area contributed by atoms with Crippen LogP contribution in [0.1, 0.15) is 23.2 Å². The molecule has 5 nitrogen and oxygen atoms in total. The third-order valence-corrected chi connectivity index (χ3v) is 4.47. The van der Waals surface area contributed by atoms with E-state index in [0.29, 0.717) is 11.6 Å². The number of imidazole rings is 1. The van der Waals surface area contributed by atoms with Crippen LogP contribution in [-0.4, -0.2) is 45.9 Å². The number of fused-ring (bicyclic) bond motifs is 3. The topological polar surface area (TPSA) is 49.6 Å². The van der Waals surface area contributed by atoms with Crippen LogP contribution in [0.15, 0.2) is 30.9 Å². The number of carbonyl (C=O) groups is 1. The minimum Gasteiger partial charge on any atom is -0.348 e. The number of hydrogen-bond donors (Lipinski definition) is 1. The first-order chi connectivity index (χ1) is 9.78. The molecule has 2 aliphatic rings. The summed E-state index contributed by atoms with van der Waals surface area (Å²) >= 11 is 0. The average molecular weight is 270 g/mol. The second kappa shape index (κ2) is 4.59. The molecule has 2 aromatic heterocycles. The molecule has 1 N–H and O–H groups in total. The lowest BCUT2D eigenvalue weighted by molar-refractivity contribution is 0.0909. The van der Waals surface area contributed by atoms with E-state index >= 15 is 0 Å². The molecule has 2 saturated heterocycles. The van der Waals surface area contributed by atoms with Gasteiger partial charge in [-0.05, 0) is 37.4 Å². The van der Waals surface area contributed by atoms with Crippen LogP contribution in [0.3, 0.4) is 0 Å². The Morgan fingerprint density at radius 1 is 1.35 bits per heavy atom. The number of aromatic nitrogens is 2. The van der Waals surface area contributed by atoms with E-state index in [9.17, 15) is 4.79 Å². The Kier molecular flexibility index (Phi) is 2.73. The summed E-state index contributed by atoms with van der Waals surface area (Å²) in [5.74, 6) is 0.790. The average Bonchev–Trinajstić information content (AvgIpc) is 3.04. The standard InChI is InChI=1S/C15H18N4O/c20-15(12-1-2-14-6-16-10-19(14)8-12)17-13-5-11-3-4-18(7-11)9-13/h1-2,6,8,10-11,13H,3-5,7,9H2,(H,17,20)/t11-,13-/m1/s1. The van der Waals surface area contributed by atoms with Crippen molar-refractivity contribution < 1.29 is 4.79 Å². The van der Waals surface area contributed by atoms with Gasteiger partial charge in [0, 0.05) is 25.3 Å². The van der Waals surface area contributed by atoms with E-state index in [4.69, 9.17) is 0 Å². The van der Waals surface area contributed by atoms with Crippen molar-refractivity contribution in [2.75, 3.05) is 19.6 Å². The molecule has 0 saturated carbocycles. The summed E-state index contributed by atoms with van der Waals surface area (Å²) in [5, 5.41) is 3.18. The summed E-state index contributed by atoms with van der Waals surface area (Å²) in [5.41, 5.74) is 1.70. The number of rotatable bonds is 2. The van der Waals surface area contributed by atoms with Gasteiger partial charge in [-0.1, -0.05) is 0 Å². The van der Waals surface area contributed by atoms with Crippen LogP contribution in [0.5, 0.6) is 0 Å². The molecule has 1 amide bonds. The molecule has 2 aliphatic heterocycles. The minimum atomic E-state index is 0.0214. The van der Waals surface area contributed by atoms with E-state index in [0.717, 1.165) is 24.4 Å². The molecule has 1 unspecified atom stereocenters. The fourth-order valence-corrected chi connectivity index (χ4v) is 3.49. The quantitative estimate of drug-likeness (QED) is 0.891. The van der Waals surface area contributed by atoms with Gasteiger partial charge in [0.05, 0.1) is 23.6 Å². The van der Waals surface area contributed by atoms with Crippen LogP contribution in [0.4, 0.5) is 0 Å². The highest BCUT2D eigenvalue weighted by Crippen LogP contribution is 2.26.